The fourth-order valence-electron chi connectivity index (χ4n) is 3.90. The molecule has 0 fully saturated rings. The molecular weight excluding hydrogens is 463 g/mol. The van der Waals surface area contributed by atoms with Crippen molar-refractivity contribution in [2.75, 3.05) is 20.2 Å². The van der Waals surface area contributed by atoms with Crippen LogP contribution in [0.25, 0.3) is 11.0 Å². The molecular formula is C26H31F3NO5+. The van der Waals surface area contributed by atoms with E-state index in [1.165, 1.54) is 43.5 Å². The summed E-state index contributed by atoms with van der Waals surface area (Å²) in [5, 5.41) is 10.5. The lowest BCUT2D eigenvalue weighted by Crippen LogP contribution is -3.10. The molecule has 0 bridgehead atoms. The lowest BCUT2D eigenvalue weighted by Gasteiger charge is -2.21. The minimum Gasteiger partial charge on any atom is -0.507 e. The Morgan fingerprint density at radius 2 is 1.57 bits per heavy atom. The van der Waals surface area contributed by atoms with Crippen molar-refractivity contribution in [3.05, 3.63) is 57.9 Å². The van der Waals surface area contributed by atoms with Crippen LogP contribution in [0.5, 0.6) is 23.0 Å². The molecule has 35 heavy (non-hydrogen) atoms. The number of phenols is 1. The third-order valence-corrected chi connectivity index (χ3v) is 5.83. The van der Waals surface area contributed by atoms with E-state index in [4.69, 9.17) is 13.9 Å². The average Bonchev–Trinajstić information content (AvgIpc) is 2.83. The van der Waals surface area contributed by atoms with Crippen LogP contribution in [-0.4, -0.2) is 25.3 Å². The smallest absolute Gasteiger partial charge is 0.453 e. The van der Waals surface area contributed by atoms with Crippen LogP contribution in [0.1, 0.15) is 50.9 Å². The van der Waals surface area contributed by atoms with Gasteiger partial charge in [-0.3, -0.25) is 4.79 Å². The maximum Gasteiger partial charge on any atom is 0.453 e. The molecule has 0 aliphatic rings. The first-order valence-corrected chi connectivity index (χ1v) is 11.7. The second-order valence-corrected chi connectivity index (χ2v) is 8.44. The fraction of sp³-hybridized carbons (Fsp3) is 0.423. The Labute approximate surface area is 201 Å². The molecule has 2 aromatic carbocycles. The first-order chi connectivity index (χ1) is 16.7. The molecule has 3 rings (SSSR count). The molecule has 0 atom stereocenters. The number of hydrogen-bond donors (Lipinski definition) is 2. The second-order valence-electron chi connectivity index (χ2n) is 8.44. The molecule has 0 aliphatic carbocycles. The zero-order valence-electron chi connectivity index (χ0n) is 20.1. The molecule has 190 valence electrons. The van der Waals surface area contributed by atoms with Crippen LogP contribution >= 0.6 is 0 Å². The van der Waals surface area contributed by atoms with Crippen molar-refractivity contribution in [3.8, 4) is 23.0 Å². The van der Waals surface area contributed by atoms with Gasteiger partial charge < -0.3 is 23.9 Å². The number of methoxy groups -OCH3 is 1. The van der Waals surface area contributed by atoms with Crippen molar-refractivity contribution in [2.24, 2.45) is 0 Å². The van der Waals surface area contributed by atoms with Crippen LogP contribution < -0.4 is 19.8 Å². The van der Waals surface area contributed by atoms with Crippen molar-refractivity contribution < 1.29 is 37.1 Å². The molecule has 0 spiro atoms. The number of halogens is 3. The summed E-state index contributed by atoms with van der Waals surface area (Å²) in [5.74, 6) is -2.19. The fourth-order valence-corrected chi connectivity index (χ4v) is 3.90. The third-order valence-electron chi connectivity index (χ3n) is 5.83. The highest BCUT2D eigenvalue weighted by atomic mass is 19.4. The van der Waals surface area contributed by atoms with Crippen LogP contribution in [0.2, 0.25) is 0 Å². The summed E-state index contributed by atoms with van der Waals surface area (Å²) in [5.41, 5.74) is -1.04. The first kappa shape index (κ1) is 26.4. The van der Waals surface area contributed by atoms with Crippen molar-refractivity contribution in [2.45, 2.75) is 52.3 Å². The molecule has 0 aliphatic heterocycles. The molecule has 0 radical (unpaired) electrons. The number of hydrogen-bond acceptors (Lipinski definition) is 5. The minimum atomic E-state index is -4.99. The summed E-state index contributed by atoms with van der Waals surface area (Å²) in [6, 6.07) is 8.38. The Hall–Kier alpha value is -3.20. The number of rotatable bonds is 11. The van der Waals surface area contributed by atoms with E-state index in [1.807, 2.05) is 0 Å². The van der Waals surface area contributed by atoms with Gasteiger partial charge in [-0.2, -0.15) is 13.2 Å². The summed E-state index contributed by atoms with van der Waals surface area (Å²) in [4.78, 5) is 14.3. The highest BCUT2D eigenvalue weighted by molar-refractivity contribution is 5.83. The summed E-state index contributed by atoms with van der Waals surface area (Å²) in [7, 11) is 1.45. The normalized spacial score (nSPS) is 11.9. The zero-order chi connectivity index (χ0) is 25.6. The van der Waals surface area contributed by atoms with Gasteiger partial charge >= 0.3 is 6.18 Å². The number of alkyl halides is 3. The van der Waals surface area contributed by atoms with E-state index in [1.54, 1.807) is 0 Å². The highest BCUT2D eigenvalue weighted by Gasteiger charge is 2.41. The Morgan fingerprint density at radius 3 is 2.11 bits per heavy atom. The monoisotopic (exact) mass is 494 g/mol. The van der Waals surface area contributed by atoms with E-state index in [2.05, 4.69) is 13.8 Å². The first-order valence-electron chi connectivity index (χ1n) is 11.7. The highest BCUT2D eigenvalue weighted by Crippen LogP contribution is 2.39. The topological polar surface area (TPSA) is 73.3 Å². The van der Waals surface area contributed by atoms with Gasteiger partial charge in [0.1, 0.15) is 23.8 Å². The van der Waals surface area contributed by atoms with E-state index < -0.39 is 23.1 Å². The molecule has 9 heteroatoms. The van der Waals surface area contributed by atoms with Gasteiger partial charge in [-0.15, -0.1) is 0 Å². The number of aromatic hydroxyl groups is 1. The maximum atomic E-state index is 14.0. The summed E-state index contributed by atoms with van der Waals surface area (Å²) in [6.45, 7) is 5.95. The van der Waals surface area contributed by atoms with Crippen LogP contribution in [0.3, 0.4) is 0 Å². The van der Waals surface area contributed by atoms with E-state index in [9.17, 15) is 23.1 Å². The number of unbranched alkanes of at least 4 members (excludes halogenated alkanes) is 2. The van der Waals surface area contributed by atoms with Gasteiger partial charge in [-0.25, -0.2) is 0 Å². The predicted molar refractivity (Wildman–Crippen MR) is 126 cm³/mol. The van der Waals surface area contributed by atoms with Gasteiger partial charge in [-0.1, -0.05) is 26.7 Å². The molecule has 2 N–H and O–H groups in total. The van der Waals surface area contributed by atoms with Gasteiger partial charge in [0.25, 0.3) is 5.76 Å². The molecule has 1 aromatic heterocycles. The molecule has 3 aromatic rings. The number of phenolic OH excluding ortho intramolecular Hbond substituents is 1. The lowest BCUT2D eigenvalue weighted by molar-refractivity contribution is -0.914. The maximum absolute atomic E-state index is 14.0. The standard InChI is InChI=1S/C26H30F3NO5/c1-4-6-14-30(15-7-5-2)16-20-21(31)13-12-19-22(32)24(25(26(27,28)29)35-23(19)20)34-18-10-8-17(33-3)9-11-18/h8-13,31H,4-7,14-16H2,1-3H3/p+1. The molecule has 0 amide bonds. The number of ether oxygens (including phenoxy) is 2. The Kier molecular flexibility index (Phi) is 8.67. The SMILES string of the molecule is CCCC[NH+](CCCC)Cc1c(O)ccc2c(=O)c(Oc3ccc(OC)cc3)c(C(F)(F)F)oc12. The third kappa shape index (κ3) is 6.28. The van der Waals surface area contributed by atoms with Crippen molar-refractivity contribution >= 4 is 11.0 Å². The van der Waals surface area contributed by atoms with Crippen LogP contribution in [0, 0.1) is 0 Å². The van der Waals surface area contributed by atoms with Crippen molar-refractivity contribution in [3.63, 3.8) is 0 Å². The lowest BCUT2D eigenvalue weighted by atomic mass is 10.1. The van der Waals surface area contributed by atoms with Gasteiger partial charge in [0.2, 0.25) is 11.2 Å². The van der Waals surface area contributed by atoms with Gasteiger partial charge in [0.15, 0.2) is 5.58 Å². The predicted octanol–water partition coefficient (Wildman–Crippen LogP) is 5.30. The van der Waals surface area contributed by atoms with E-state index >= 15 is 0 Å². The number of benzene rings is 2. The van der Waals surface area contributed by atoms with Crippen LogP contribution in [-0.2, 0) is 12.7 Å². The summed E-state index contributed by atoms with van der Waals surface area (Å²) in [6.07, 6.45) is -1.19. The molecule has 0 saturated carbocycles. The van der Waals surface area contributed by atoms with Gasteiger partial charge in [-0.05, 0) is 49.2 Å². The van der Waals surface area contributed by atoms with Crippen molar-refractivity contribution in [1.29, 1.82) is 0 Å². The summed E-state index contributed by atoms with van der Waals surface area (Å²) < 4.78 is 57.8. The Balaban J connectivity index is 2.13. The molecule has 6 nitrogen and oxygen atoms in total. The molecule has 0 saturated heterocycles. The quantitative estimate of drug-likeness (QED) is 0.378. The van der Waals surface area contributed by atoms with Crippen LogP contribution in [0.15, 0.2) is 45.6 Å². The molecule has 1 heterocycles. The largest absolute Gasteiger partial charge is 0.507 e. The van der Waals surface area contributed by atoms with E-state index in [-0.39, 0.29) is 34.6 Å². The number of quaternary nitrogens is 1. The average molecular weight is 495 g/mol. The van der Waals surface area contributed by atoms with Crippen LogP contribution in [0.4, 0.5) is 13.2 Å². The van der Waals surface area contributed by atoms with Crippen molar-refractivity contribution in [1.82, 2.24) is 0 Å². The Bertz CT molecular complexity index is 1180. The second kappa shape index (κ2) is 11.5. The van der Waals surface area contributed by atoms with Gasteiger partial charge in [0.05, 0.1) is 31.1 Å². The number of fused-ring (bicyclic) bond motifs is 1. The van der Waals surface area contributed by atoms with E-state index in [0.29, 0.717) is 5.75 Å². The molecule has 0 unspecified atom stereocenters. The number of nitrogens with one attached hydrogen (secondary N) is 1. The Morgan fingerprint density at radius 1 is 0.971 bits per heavy atom. The zero-order valence-corrected chi connectivity index (χ0v) is 20.1. The minimum absolute atomic E-state index is 0.0247. The summed E-state index contributed by atoms with van der Waals surface area (Å²) >= 11 is 0. The van der Waals surface area contributed by atoms with Gasteiger partial charge in [0, 0.05) is 0 Å². The van der Waals surface area contributed by atoms with E-state index in [0.717, 1.165) is 43.7 Å².